The molecule has 2 aromatic carbocycles. The number of benzene rings is 2. The summed E-state index contributed by atoms with van der Waals surface area (Å²) in [4.78, 5) is 11.1. The van der Waals surface area contributed by atoms with E-state index in [9.17, 15) is 9.18 Å². The lowest BCUT2D eigenvalue weighted by Gasteiger charge is -2.08. The maximum Gasteiger partial charge on any atom is 0.159 e. The highest BCUT2D eigenvalue weighted by molar-refractivity contribution is 9.10. The molecular weight excluding hydrogens is 309 g/mol. The monoisotopic (exact) mass is 321 g/mol. The Morgan fingerprint density at radius 2 is 1.89 bits per heavy atom. The van der Waals surface area contributed by atoms with Crippen molar-refractivity contribution in [3.8, 4) is 0 Å². The molecule has 4 heteroatoms. The molecule has 0 fully saturated rings. The molecule has 0 amide bonds. The Morgan fingerprint density at radius 1 is 1.21 bits per heavy atom. The number of hydrogen-bond donors (Lipinski definition) is 1. The van der Waals surface area contributed by atoms with Crippen LogP contribution in [0.5, 0.6) is 0 Å². The molecule has 0 aliphatic carbocycles. The van der Waals surface area contributed by atoms with E-state index in [4.69, 9.17) is 0 Å². The molecule has 1 N–H and O–H groups in total. The van der Waals surface area contributed by atoms with Crippen LogP contribution in [0.4, 0.5) is 10.1 Å². The molecule has 0 radical (unpaired) electrons. The Labute approximate surface area is 119 Å². The summed E-state index contributed by atoms with van der Waals surface area (Å²) in [6.45, 7) is 1.92. The van der Waals surface area contributed by atoms with E-state index in [-0.39, 0.29) is 11.6 Å². The average Bonchev–Trinajstić information content (AvgIpc) is 2.40. The van der Waals surface area contributed by atoms with Crippen molar-refractivity contribution in [1.82, 2.24) is 0 Å². The topological polar surface area (TPSA) is 29.1 Å². The number of anilines is 1. The maximum atomic E-state index is 13.5. The fourth-order valence-electron chi connectivity index (χ4n) is 1.70. The fraction of sp³-hybridized carbons (Fsp3) is 0.133. The molecule has 0 heterocycles. The molecule has 0 aliphatic heterocycles. The summed E-state index contributed by atoms with van der Waals surface area (Å²) in [5.41, 5.74) is 2.11. The lowest BCUT2D eigenvalue weighted by atomic mass is 10.1. The van der Waals surface area contributed by atoms with Gasteiger partial charge in [0.2, 0.25) is 0 Å². The summed E-state index contributed by atoms with van der Waals surface area (Å²) in [5, 5.41) is 3.12. The van der Waals surface area contributed by atoms with Crippen molar-refractivity contribution in [2.24, 2.45) is 0 Å². The standard InChI is InChI=1S/C15H13BrFNO/c1-10(19)11-2-5-14(6-3-11)18-9-12-8-13(16)4-7-15(12)17/h2-8,18H,9H2,1H3. The van der Waals surface area contributed by atoms with Crippen LogP contribution in [-0.4, -0.2) is 5.78 Å². The third-order valence-corrected chi connectivity index (χ3v) is 3.28. The van der Waals surface area contributed by atoms with Crippen molar-refractivity contribution >= 4 is 27.4 Å². The third-order valence-electron chi connectivity index (χ3n) is 2.78. The van der Waals surface area contributed by atoms with Gasteiger partial charge in [-0.15, -0.1) is 0 Å². The molecule has 0 bridgehead atoms. The van der Waals surface area contributed by atoms with Crippen LogP contribution in [-0.2, 0) is 6.54 Å². The molecule has 0 aromatic heterocycles. The Bertz CT molecular complexity index is 596. The van der Waals surface area contributed by atoms with Gasteiger partial charge < -0.3 is 5.32 Å². The molecule has 0 unspecified atom stereocenters. The van der Waals surface area contributed by atoms with Gasteiger partial charge in [-0.05, 0) is 49.4 Å². The molecule has 0 aliphatic rings. The minimum absolute atomic E-state index is 0.0320. The number of halogens is 2. The normalized spacial score (nSPS) is 10.3. The van der Waals surface area contributed by atoms with Crippen molar-refractivity contribution in [3.63, 3.8) is 0 Å². The zero-order valence-electron chi connectivity index (χ0n) is 10.4. The molecule has 0 saturated heterocycles. The van der Waals surface area contributed by atoms with E-state index in [0.29, 0.717) is 17.7 Å². The van der Waals surface area contributed by atoms with Gasteiger partial charge in [0.25, 0.3) is 0 Å². The highest BCUT2D eigenvalue weighted by atomic mass is 79.9. The van der Waals surface area contributed by atoms with Gasteiger partial charge in [0.1, 0.15) is 5.82 Å². The first kappa shape index (κ1) is 13.7. The Morgan fingerprint density at radius 3 is 2.53 bits per heavy atom. The van der Waals surface area contributed by atoms with E-state index in [2.05, 4.69) is 21.2 Å². The summed E-state index contributed by atoms with van der Waals surface area (Å²) in [5.74, 6) is -0.208. The predicted molar refractivity (Wildman–Crippen MR) is 77.9 cm³/mol. The number of ketones is 1. The predicted octanol–water partition coefficient (Wildman–Crippen LogP) is 4.40. The number of carbonyl (C=O) groups is 1. The number of rotatable bonds is 4. The third kappa shape index (κ3) is 3.64. The second-order valence-electron chi connectivity index (χ2n) is 4.22. The van der Waals surface area contributed by atoms with Gasteiger partial charge in [-0.3, -0.25) is 4.79 Å². The second-order valence-corrected chi connectivity index (χ2v) is 5.14. The minimum Gasteiger partial charge on any atom is -0.381 e. The van der Waals surface area contributed by atoms with Gasteiger partial charge >= 0.3 is 0 Å². The molecule has 2 aromatic rings. The molecule has 98 valence electrons. The minimum atomic E-state index is -0.240. The van der Waals surface area contributed by atoms with Crippen LogP contribution in [0.3, 0.4) is 0 Å². The number of carbonyl (C=O) groups excluding carboxylic acids is 1. The van der Waals surface area contributed by atoms with Gasteiger partial charge in [-0.25, -0.2) is 4.39 Å². The molecule has 2 nitrogen and oxygen atoms in total. The van der Waals surface area contributed by atoms with E-state index >= 15 is 0 Å². The van der Waals surface area contributed by atoms with Crippen molar-refractivity contribution in [2.75, 3.05) is 5.32 Å². The van der Waals surface area contributed by atoms with Crippen LogP contribution in [0.25, 0.3) is 0 Å². The fourth-order valence-corrected chi connectivity index (χ4v) is 2.11. The van der Waals surface area contributed by atoms with Gasteiger partial charge in [-0.2, -0.15) is 0 Å². The SMILES string of the molecule is CC(=O)c1ccc(NCc2cc(Br)ccc2F)cc1. The first-order valence-electron chi connectivity index (χ1n) is 5.85. The molecule has 0 spiro atoms. The lowest BCUT2D eigenvalue weighted by molar-refractivity contribution is 0.101. The summed E-state index contributed by atoms with van der Waals surface area (Å²) in [6, 6.07) is 12.0. The Kier molecular flexibility index (Phi) is 4.32. The zero-order valence-corrected chi connectivity index (χ0v) is 12.0. The molecule has 0 atom stereocenters. The maximum absolute atomic E-state index is 13.5. The number of hydrogen-bond acceptors (Lipinski definition) is 2. The number of Topliss-reactive ketones (excluding diaryl/α,β-unsaturated/α-hetero) is 1. The smallest absolute Gasteiger partial charge is 0.159 e. The van der Waals surface area contributed by atoms with Crippen molar-refractivity contribution in [2.45, 2.75) is 13.5 Å². The number of nitrogens with one attached hydrogen (secondary N) is 1. The van der Waals surface area contributed by atoms with Gasteiger partial charge in [0.05, 0.1) is 0 Å². The van der Waals surface area contributed by atoms with Gasteiger partial charge in [0, 0.05) is 27.8 Å². The van der Waals surface area contributed by atoms with Crippen LogP contribution < -0.4 is 5.32 Å². The highest BCUT2D eigenvalue weighted by Gasteiger charge is 2.03. The van der Waals surface area contributed by atoms with E-state index in [0.717, 1.165) is 10.2 Å². The summed E-state index contributed by atoms with van der Waals surface area (Å²) >= 11 is 3.32. The Hall–Kier alpha value is -1.68. The molecule has 0 saturated carbocycles. The van der Waals surface area contributed by atoms with E-state index in [1.165, 1.54) is 13.0 Å². The van der Waals surface area contributed by atoms with Crippen molar-refractivity contribution in [1.29, 1.82) is 0 Å². The average molecular weight is 322 g/mol. The first-order chi connectivity index (χ1) is 9.06. The zero-order chi connectivity index (χ0) is 13.8. The summed E-state index contributed by atoms with van der Waals surface area (Å²) < 4.78 is 14.4. The van der Waals surface area contributed by atoms with Gasteiger partial charge in [0.15, 0.2) is 5.78 Å². The van der Waals surface area contributed by atoms with Gasteiger partial charge in [-0.1, -0.05) is 15.9 Å². The lowest BCUT2D eigenvalue weighted by Crippen LogP contribution is -2.02. The van der Waals surface area contributed by atoms with E-state index in [1.807, 2.05) is 12.1 Å². The van der Waals surface area contributed by atoms with E-state index < -0.39 is 0 Å². The Balaban J connectivity index is 2.06. The summed E-state index contributed by atoms with van der Waals surface area (Å²) in [7, 11) is 0. The quantitative estimate of drug-likeness (QED) is 0.845. The van der Waals surface area contributed by atoms with Crippen molar-refractivity contribution in [3.05, 3.63) is 63.9 Å². The van der Waals surface area contributed by atoms with Crippen LogP contribution in [0.2, 0.25) is 0 Å². The summed E-state index contributed by atoms with van der Waals surface area (Å²) in [6.07, 6.45) is 0. The van der Waals surface area contributed by atoms with Crippen LogP contribution in [0.15, 0.2) is 46.9 Å². The second kappa shape index (κ2) is 5.97. The first-order valence-corrected chi connectivity index (χ1v) is 6.64. The van der Waals surface area contributed by atoms with Crippen LogP contribution >= 0.6 is 15.9 Å². The molecule has 2 rings (SSSR count). The molecular formula is C15H13BrFNO. The largest absolute Gasteiger partial charge is 0.381 e. The van der Waals surface area contributed by atoms with Crippen LogP contribution in [0.1, 0.15) is 22.8 Å². The van der Waals surface area contributed by atoms with Crippen LogP contribution in [0, 0.1) is 5.82 Å². The van der Waals surface area contributed by atoms with Crippen molar-refractivity contribution < 1.29 is 9.18 Å². The molecule has 19 heavy (non-hydrogen) atoms. The highest BCUT2D eigenvalue weighted by Crippen LogP contribution is 2.17. The van der Waals surface area contributed by atoms with E-state index in [1.54, 1.807) is 24.3 Å².